The van der Waals surface area contributed by atoms with Crippen LogP contribution < -0.4 is 5.73 Å². The average Bonchev–Trinajstić information content (AvgIpc) is 2.06. The van der Waals surface area contributed by atoms with Gasteiger partial charge in [0.25, 0.3) is 0 Å². The minimum absolute atomic E-state index is 0.0697. The van der Waals surface area contributed by atoms with Gasteiger partial charge in [-0.05, 0) is 18.6 Å². The summed E-state index contributed by atoms with van der Waals surface area (Å²) >= 11 is 5.67. The van der Waals surface area contributed by atoms with E-state index in [2.05, 4.69) is 11.6 Å². The van der Waals surface area contributed by atoms with Crippen molar-refractivity contribution in [3.05, 3.63) is 41.7 Å². The maximum absolute atomic E-state index is 5.78. The molecule has 0 saturated heterocycles. The fourth-order valence-electron chi connectivity index (χ4n) is 0.907. The maximum Gasteiger partial charge on any atom is 0.0589 e. The quantitative estimate of drug-likeness (QED) is 0.729. The summed E-state index contributed by atoms with van der Waals surface area (Å²) in [7, 11) is 0. The van der Waals surface area contributed by atoms with E-state index >= 15 is 0 Å². The predicted molar refractivity (Wildman–Crippen MR) is 51.0 cm³/mol. The minimum Gasteiger partial charge on any atom is -0.322 e. The number of pyridine rings is 1. The first-order valence-electron chi connectivity index (χ1n) is 3.72. The van der Waals surface area contributed by atoms with E-state index in [1.165, 1.54) is 0 Å². The van der Waals surface area contributed by atoms with Crippen LogP contribution in [0, 0.1) is 0 Å². The number of halogens is 1. The Hall–Kier alpha value is -0.860. The van der Waals surface area contributed by atoms with Gasteiger partial charge in [-0.1, -0.05) is 17.7 Å². The highest BCUT2D eigenvalue weighted by molar-refractivity contribution is 6.30. The first kappa shape index (κ1) is 9.23. The van der Waals surface area contributed by atoms with Crippen molar-refractivity contribution >= 4 is 11.6 Å². The van der Waals surface area contributed by atoms with Crippen LogP contribution >= 0.6 is 11.6 Å². The fourth-order valence-corrected chi connectivity index (χ4v) is 1.02. The number of nitrogens with zero attached hydrogens (tertiary/aromatic N) is 1. The highest BCUT2D eigenvalue weighted by Crippen LogP contribution is 2.13. The third kappa shape index (κ3) is 2.32. The summed E-state index contributed by atoms with van der Waals surface area (Å²) in [6.45, 7) is 3.61. The van der Waals surface area contributed by atoms with Crippen LogP contribution in [-0.2, 0) is 0 Å². The van der Waals surface area contributed by atoms with Crippen LogP contribution in [0.5, 0.6) is 0 Å². The van der Waals surface area contributed by atoms with Crippen molar-refractivity contribution in [2.75, 3.05) is 0 Å². The van der Waals surface area contributed by atoms with Crippen molar-refractivity contribution in [3.63, 3.8) is 0 Å². The lowest BCUT2D eigenvalue weighted by molar-refractivity contribution is 0.714. The molecule has 0 aromatic carbocycles. The molecule has 64 valence electrons. The van der Waals surface area contributed by atoms with Gasteiger partial charge in [0.1, 0.15) is 0 Å². The van der Waals surface area contributed by atoms with Crippen LogP contribution in [0.2, 0.25) is 5.02 Å². The van der Waals surface area contributed by atoms with E-state index in [4.69, 9.17) is 17.3 Å². The van der Waals surface area contributed by atoms with E-state index in [1.54, 1.807) is 18.3 Å². The fraction of sp³-hybridized carbons (Fsp3) is 0.222. The Balaban J connectivity index is 2.74. The van der Waals surface area contributed by atoms with E-state index in [9.17, 15) is 0 Å². The van der Waals surface area contributed by atoms with E-state index in [0.717, 1.165) is 12.1 Å². The number of aromatic nitrogens is 1. The van der Waals surface area contributed by atoms with Gasteiger partial charge in [-0.2, -0.15) is 0 Å². The van der Waals surface area contributed by atoms with Crippen LogP contribution in [-0.4, -0.2) is 4.98 Å². The predicted octanol–water partition coefficient (Wildman–Crippen LogP) is 2.31. The summed E-state index contributed by atoms with van der Waals surface area (Å²) in [4.78, 5) is 4.09. The van der Waals surface area contributed by atoms with Crippen LogP contribution in [0.3, 0.4) is 0 Å². The summed E-state index contributed by atoms with van der Waals surface area (Å²) in [6, 6.07) is 3.54. The molecule has 0 aliphatic heterocycles. The van der Waals surface area contributed by atoms with E-state index in [-0.39, 0.29) is 6.04 Å². The molecule has 0 aliphatic rings. The molecule has 0 unspecified atom stereocenters. The van der Waals surface area contributed by atoms with Gasteiger partial charge in [0.15, 0.2) is 0 Å². The summed E-state index contributed by atoms with van der Waals surface area (Å²) in [5, 5.41) is 0.629. The second-order valence-electron chi connectivity index (χ2n) is 2.53. The molecule has 1 heterocycles. The molecule has 0 radical (unpaired) electrons. The smallest absolute Gasteiger partial charge is 0.0589 e. The molecule has 0 amide bonds. The van der Waals surface area contributed by atoms with Crippen molar-refractivity contribution in [2.24, 2.45) is 5.73 Å². The summed E-state index contributed by atoms with van der Waals surface area (Å²) in [6.07, 6.45) is 4.11. The van der Waals surface area contributed by atoms with Gasteiger partial charge in [0.2, 0.25) is 0 Å². The highest BCUT2D eigenvalue weighted by atomic mass is 35.5. The summed E-state index contributed by atoms with van der Waals surface area (Å²) in [5.74, 6) is 0. The van der Waals surface area contributed by atoms with Crippen LogP contribution in [0.25, 0.3) is 0 Å². The molecule has 1 atom stereocenters. The topological polar surface area (TPSA) is 38.9 Å². The monoisotopic (exact) mass is 182 g/mol. The van der Waals surface area contributed by atoms with Crippen molar-refractivity contribution in [2.45, 2.75) is 12.5 Å². The zero-order chi connectivity index (χ0) is 8.97. The standard InChI is InChI=1S/C9H11ClN2/c1-2-3-8(11)9-5-4-7(10)6-12-9/h2,4-6,8H,1,3,11H2/t8-/m0/s1. The summed E-state index contributed by atoms with van der Waals surface area (Å²) < 4.78 is 0. The lowest BCUT2D eigenvalue weighted by atomic mass is 10.1. The molecule has 1 aromatic heterocycles. The van der Waals surface area contributed by atoms with E-state index in [1.807, 2.05) is 6.07 Å². The third-order valence-corrected chi connectivity index (χ3v) is 1.77. The van der Waals surface area contributed by atoms with Crippen molar-refractivity contribution < 1.29 is 0 Å². The Morgan fingerprint density at radius 1 is 1.67 bits per heavy atom. The first-order valence-corrected chi connectivity index (χ1v) is 4.09. The van der Waals surface area contributed by atoms with Crippen molar-refractivity contribution in [1.29, 1.82) is 0 Å². The van der Waals surface area contributed by atoms with Gasteiger partial charge in [0.05, 0.1) is 16.8 Å². The maximum atomic E-state index is 5.78. The zero-order valence-electron chi connectivity index (χ0n) is 6.70. The molecule has 0 aliphatic carbocycles. The normalized spacial score (nSPS) is 12.5. The first-order chi connectivity index (χ1) is 5.74. The summed E-state index contributed by atoms with van der Waals surface area (Å²) in [5.41, 5.74) is 6.63. The van der Waals surface area contributed by atoms with E-state index < -0.39 is 0 Å². The van der Waals surface area contributed by atoms with Gasteiger partial charge in [-0.15, -0.1) is 6.58 Å². The van der Waals surface area contributed by atoms with Gasteiger partial charge in [-0.3, -0.25) is 4.98 Å². The Bertz CT molecular complexity index is 256. The Morgan fingerprint density at radius 3 is 2.92 bits per heavy atom. The van der Waals surface area contributed by atoms with Gasteiger partial charge >= 0.3 is 0 Å². The van der Waals surface area contributed by atoms with Crippen molar-refractivity contribution in [1.82, 2.24) is 4.98 Å². The van der Waals surface area contributed by atoms with Crippen LogP contribution in [0.15, 0.2) is 31.0 Å². The third-order valence-electron chi connectivity index (χ3n) is 1.55. The number of hydrogen-bond donors (Lipinski definition) is 1. The lowest BCUT2D eigenvalue weighted by Gasteiger charge is -2.07. The largest absolute Gasteiger partial charge is 0.322 e. The van der Waals surface area contributed by atoms with Crippen molar-refractivity contribution in [3.8, 4) is 0 Å². The average molecular weight is 183 g/mol. The number of nitrogens with two attached hydrogens (primary N) is 1. The van der Waals surface area contributed by atoms with Crippen LogP contribution in [0.1, 0.15) is 18.2 Å². The highest BCUT2D eigenvalue weighted by Gasteiger charge is 2.03. The minimum atomic E-state index is -0.0697. The van der Waals surface area contributed by atoms with Gasteiger partial charge < -0.3 is 5.73 Å². The molecule has 0 saturated carbocycles. The molecule has 0 spiro atoms. The Kier molecular flexibility index (Phi) is 3.26. The molecule has 2 N–H and O–H groups in total. The molecule has 1 aromatic rings. The molecule has 1 rings (SSSR count). The molecule has 0 bridgehead atoms. The molecular formula is C9H11ClN2. The molecule has 0 fully saturated rings. The van der Waals surface area contributed by atoms with Crippen LogP contribution in [0.4, 0.5) is 0 Å². The molecule has 2 nitrogen and oxygen atoms in total. The molecular weight excluding hydrogens is 172 g/mol. The van der Waals surface area contributed by atoms with Gasteiger partial charge in [0, 0.05) is 6.20 Å². The second kappa shape index (κ2) is 4.24. The van der Waals surface area contributed by atoms with E-state index in [0.29, 0.717) is 5.02 Å². The lowest BCUT2D eigenvalue weighted by Crippen LogP contribution is -2.10. The SMILES string of the molecule is C=CC[C@H](N)c1ccc(Cl)cn1. The molecule has 3 heteroatoms. The Labute approximate surface area is 77.1 Å². The Morgan fingerprint density at radius 2 is 2.42 bits per heavy atom. The number of hydrogen-bond acceptors (Lipinski definition) is 2. The van der Waals surface area contributed by atoms with Gasteiger partial charge in [-0.25, -0.2) is 0 Å². The molecule has 12 heavy (non-hydrogen) atoms. The zero-order valence-corrected chi connectivity index (χ0v) is 7.46. The number of rotatable bonds is 3. The second-order valence-corrected chi connectivity index (χ2v) is 2.97.